The average Bonchev–Trinajstić information content (AvgIpc) is 3.56. The largest absolute Gasteiger partial charge is 0.467 e. The van der Waals surface area contributed by atoms with Gasteiger partial charge >= 0.3 is 0 Å². The van der Waals surface area contributed by atoms with Gasteiger partial charge in [-0.25, -0.2) is 0 Å². The van der Waals surface area contributed by atoms with E-state index in [9.17, 15) is 10.1 Å². The summed E-state index contributed by atoms with van der Waals surface area (Å²) in [5.41, 5.74) is 2.73. The van der Waals surface area contributed by atoms with Crippen LogP contribution >= 0.6 is 12.2 Å². The molecule has 1 aliphatic heterocycles. The third-order valence-corrected chi connectivity index (χ3v) is 5.88. The van der Waals surface area contributed by atoms with Crippen LogP contribution in [0, 0.1) is 10.1 Å². The first-order valence-corrected chi connectivity index (χ1v) is 10.4. The number of nitrogens with one attached hydrogen (secondary N) is 1. The molecule has 8 nitrogen and oxygen atoms in total. The summed E-state index contributed by atoms with van der Waals surface area (Å²) in [5, 5.41) is 15.1. The van der Waals surface area contributed by atoms with Gasteiger partial charge in [0.2, 0.25) is 0 Å². The van der Waals surface area contributed by atoms with Crippen LogP contribution in [-0.2, 0) is 6.54 Å². The highest BCUT2D eigenvalue weighted by Gasteiger charge is 2.41. The molecule has 2 atom stereocenters. The number of nitro benzene ring substituents is 1. The van der Waals surface area contributed by atoms with E-state index in [-0.39, 0.29) is 17.8 Å². The zero-order valence-corrected chi connectivity index (χ0v) is 17.7. The van der Waals surface area contributed by atoms with Gasteiger partial charge in [0.05, 0.1) is 35.5 Å². The Kier molecular flexibility index (Phi) is 5.16. The SMILES string of the molecule is O=[N+]([O-])c1ccc(-n2cccc2C2C(c3ccccn3)NC(=S)N2Cc2ccco2)cc1. The predicted molar refractivity (Wildman–Crippen MR) is 122 cm³/mol. The second-order valence-electron chi connectivity index (χ2n) is 7.41. The Morgan fingerprint density at radius 3 is 2.62 bits per heavy atom. The van der Waals surface area contributed by atoms with Crippen LogP contribution in [0.2, 0.25) is 0 Å². The average molecular weight is 446 g/mol. The fraction of sp³-hybridized carbons (Fsp3) is 0.130. The molecule has 9 heteroatoms. The second kappa shape index (κ2) is 8.27. The first-order valence-electron chi connectivity index (χ1n) is 10.0. The number of hydrogen-bond acceptors (Lipinski definition) is 5. The number of furan rings is 1. The Balaban J connectivity index is 1.58. The first kappa shape index (κ1) is 20.0. The highest BCUT2D eigenvalue weighted by molar-refractivity contribution is 7.80. The van der Waals surface area contributed by atoms with Gasteiger partial charge in [0.15, 0.2) is 5.11 Å². The lowest BCUT2D eigenvalue weighted by molar-refractivity contribution is -0.384. The molecule has 4 heterocycles. The maximum absolute atomic E-state index is 11.1. The van der Waals surface area contributed by atoms with Gasteiger partial charge in [0.1, 0.15) is 5.76 Å². The van der Waals surface area contributed by atoms with E-state index in [1.807, 2.05) is 53.2 Å². The molecule has 0 saturated carbocycles. The van der Waals surface area contributed by atoms with Gasteiger partial charge in [-0.2, -0.15) is 0 Å². The molecule has 1 N–H and O–H groups in total. The molecule has 1 fully saturated rings. The number of aromatic nitrogens is 2. The summed E-state index contributed by atoms with van der Waals surface area (Å²) in [6.45, 7) is 0.498. The van der Waals surface area contributed by atoms with Gasteiger partial charge in [-0.15, -0.1) is 0 Å². The monoisotopic (exact) mass is 445 g/mol. The van der Waals surface area contributed by atoms with E-state index in [4.69, 9.17) is 16.6 Å². The predicted octanol–water partition coefficient (Wildman–Crippen LogP) is 4.55. The van der Waals surface area contributed by atoms with Crippen LogP contribution in [-0.4, -0.2) is 24.5 Å². The number of pyridine rings is 1. The quantitative estimate of drug-likeness (QED) is 0.265. The lowest BCUT2D eigenvalue weighted by atomic mass is 10.0. The van der Waals surface area contributed by atoms with Crippen molar-refractivity contribution >= 4 is 23.0 Å². The molecule has 5 rings (SSSR count). The molecular formula is C23H19N5O3S. The van der Waals surface area contributed by atoms with Crippen molar-refractivity contribution in [2.45, 2.75) is 18.6 Å². The molecule has 1 aromatic carbocycles. The fourth-order valence-electron chi connectivity index (χ4n) is 4.07. The van der Waals surface area contributed by atoms with E-state index >= 15 is 0 Å². The van der Waals surface area contributed by atoms with Crippen LogP contribution in [0.15, 0.2) is 89.8 Å². The van der Waals surface area contributed by atoms with Crippen molar-refractivity contribution in [1.82, 2.24) is 19.8 Å². The summed E-state index contributed by atoms with van der Waals surface area (Å²) in [4.78, 5) is 17.3. The van der Waals surface area contributed by atoms with Gasteiger partial charge in [-0.05, 0) is 60.7 Å². The molecule has 0 bridgehead atoms. The summed E-state index contributed by atoms with van der Waals surface area (Å²) in [6.07, 6.45) is 5.35. The van der Waals surface area contributed by atoms with Crippen LogP contribution in [0.5, 0.6) is 0 Å². The molecule has 32 heavy (non-hydrogen) atoms. The number of thiocarbonyl (C=S) groups is 1. The molecule has 1 aliphatic rings. The number of hydrogen-bond donors (Lipinski definition) is 1. The Morgan fingerprint density at radius 1 is 1.09 bits per heavy atom. The third kappa shape index (κ3) is 3.63. The zero-order chi connectivity index (χ0) is 22.1. The number of nitrogens with zero attached hydrogens (tertiary/aromatic N) is 4. The smallest absolute Gasteiger partial charge is 0.269 e. The summed E-state index contributed by atoms with van der Waals surface area (Å²) < 4.78 is 7.61. The van der Waals surface area contributed by atoms with Crippen LogP contribution in [0.25, 0.3) is 5.69 Å². The molecule has 0 spiro atoms. The van der Waals surface area contributed by atoms with E-state index in [0.29, 0.717) is 11.7 Å². The third-order valence-electron chi connectivity index (χ3n) is 5.53. The lowest BCUT2D eigenvalue weighted by Crippen LogP contribution is -2.29. The van der Waals surface area contributed by atoms with E-state index < -0.39 is 4.92 Å². The van der Waals surface area contributed by atoms with Gasteiger partial charge < -0.3 is 19.2 Å². The maximum Gasteiger partial charge on any atom is 0.269 e. The number of nitro groups is 1. The molecule has 160 valence electrons. The van der Waals surface area contributed by atoms with Crippen molar-refractivity contribution in [3.63, 3.8) is 0 Å². The molecule has 0 aliphatic carbocycles. The van der Waals surface area contributed by atoms with Gasteiger partial charge in [-0.3, -0.25) is 15.1 Å². The number of benzene rings is 1. The fourth-order valence-corrected chi connectivity index (χ4v) is 4.38. The standard InChI is InChI=1S/C23H19N5O3S/c29-28(30)17-10-8-16(9-11-17)26-13-3-7-20(26)22-21(19-6-1-2-12-24-19)25-23(32)27(22)15-18-5-4-14-31-18/h1-14,21-22H,15H2,(H,25,32). The minimum Gasteiger partial charge on any atom is -0.467 e. The molecule has 0 amide bonds. The van der Waals surface area contributed by atoms with Crippen molar-refractivity contribution in [3.05, 3.63) is 113 Å². The van der Waals surface area contributed by atoms with Crippen LogP contribution < -0.4 is 5.32 Å². The minimum absolute atomic E-state index is 0.0528. The van der Waals surface area contributed by atoms with Gasteiger partial charge in [0, 0.05) is 35.9 Å². The topological polar surface area (TPSA) is 89.4 Å². The summed E-state index contributed by atoms with van der Waals surface area (Å²) in [6, 6.07) is 19.7. The Bertz CT molecular complexity index is 1240. The molecule has 2 unspecified atom stereocenters. The van der Waals surface area contributed by atoms with E-state index in [2.05, 4.69) is 15.2 Å². The van der Waals surface area contributed by atoms with Crippen molar-refractivity contribution in [1.29, 1.82) is 0 Å². The summed E-state index contributed by atoms with van der Waals surface area (Å²) in [7, 11) is 0. The van der Waals surface area contributed by atoms with E-state index in [0.717, 1.165) is 22.8 Å². The summed E-state index contributed by atoms with van der Waals surface area (Å²) >= 11 is 5.71. The van der Waals surface area contributed by atoms with Crippen LogP contribution in [0.4, 0.5) is 5.69 Å². The molecule has 0 radical (unpaired) electrons. The van der Waals surface area contributed by atoms with E-state index in [1.54, 1.807) is 24.6 Å². The number of rotatable bonds is 6. The highest BCUT2D eigenvalue weighted by Crippen LogP contribution is 2.40. The van der Waals surface area contributed by atoms with Crippen molar-refractivity contribution in [2.75, 3.05) is 0 Å². The van der Waals surface area contributed by atoms with Crippen molar-refractivity contribution in [2.24, 2.45) is 0 Å². The van der Waals surface area contributed by atoms with Crippen molar-refractivity contribution in [3.8, 4) is 5.69 Å². The first-order chi connectivity index (χ1) is 15.6. The zero-order valence-electron chi connectivity index (χ0n) is 16.9. The Morgan fingerprint density at radius 2 is 1.94 bits per heavy atom. The Hall–Kier alpha value is -3.98. The number of non-ortho nitro benzene ring substituents is 1. The highest BCUT2D eigenvalue weighted by atomic mass is 32.1. The Labute approximate surface area is 189 Å². The molecular weight excluding hydrogens is 426 g/mol. The molecule has 4 aromatic rings. The lowest BCUT2D eigenvalue weighted by Gasteiger charge is -2.28. The van der Waals surface area contributed by atoms with Gasteiger partial charge in [0.25, 0.3) is 5.69 Å². The second-order valence-corrected chi connectivity index (χ2v) is 7.80. The van der Waals surface area contributed by atoms with Gasteiger partial charge in [-0.1, -0.05) is 6.07 Å². The maximum atomic E-state index is 11.1. The molecule has 1 saturated heterocycles. The summed E-state index contributed by atoms with van der Waals surface area (Å²) in [5.74, 6) is 0.800. The van der Waals surface area contributed by atoms with Crippen LogP contribution in [0.1, 0.15) is 29.2 Å². The normalized spacial score (nSPS) is 18.0. The minimum atomic E-state index is -0.401. The molecule has 3 aromatic heterocycles. The van der Waals surface area contributed by atoms with Crippen LogP contribution in [0.3, 0.4) is 0 Å². The van der Waals surface area contributed by atoms with Crippen molar-refractivity contribution < 1.29 is 9.34 Å². The van der Waals surface area contributed by atoms with E-state index in [1.165, 1.54) is 12.1 Å².